The number of benzene rings is 2. The van der Waals surface area contributed by atoms with E-state index in [2.05, 4.69) is 77.3 Å². The summed E-state index contributed by atoms with van der Waals surface area (Å²) in [7, 11) is 0. The Labute approximate surface area is 251 Å². The molecule has 0 saturated heterocycles. The van der Waals surface area contributed by atoms with Gasteiger partial charge < -0.3 is 30.2 Å². The van der Waals surface area contributed by atoms with Crippen molar-refractivity contribution < 1.29 is 20.4 Å². The zero-order valence-electron chi connectivity index (χ0n) is 26.8. The molecule has 4 aliphatic heterocycles. The van der Waals surface area contributed by atoms with Crippen molar-refractivity contribution in [2.75, 3.05) is 36.0 Å². The molecule has 7 rings (SSSR count). The van der Waals surface area contributed by atoms with Gasteiger partial charge in [0.1, 0.15) is 11.5 Å². The lowest BCUT2D eigenvalue weighted by Gasteiger charge is -2.52. The minimum absolute atomic E-state index is 0.0715. The number of hydrogen-bond donors (Lipinski definition) is 4. The number of hydrogen-bond acceptors (Lipinski definition) is 6. The maximum Gasteiger partial charge on any atom is 0.125 e. The standard InChI is InChI=1S/C36H50N2O4/c1-33(2)9-13-37-15-11-35(5,6)25-27(37)21(33)17-19(29(25)39)23-31(41)24(32(23)42)20-18-22-28-26(30(20)40)36(7,8)12-16-38(28)14-10-34(22,3)4/h17-18,23-24,31-32,39-42H,9-16H2,1-8H3. The number of nitrogens with zero attached hydrogens (tertiary/aromatic N) is 2. The van der Waals surface area contributed by atoms with Crippen LogP contribution in [0.3, 0.4) is 0 Å². The summed E-state index contributed by atoms with van der Waals surface area (Å²) in [5, 5.41) is 47.5. The number of phenols is 2. The Hall–Kier alpha value is -2.44. The van der Waals surface area contributed by atoms with Gasteiger partial charge in [-0.3, -0.25) is 0 Å². The average Bonchev–Trinajstić information content (AvgIpc) is 2.88. The SMILES string of the molecule is CC1(C)CCN2CCC(C)(C)c3c(O)c(C4C(O)C(c5cc6c7c(c5O)C(C)(C)CCN7CCC6(C)C)C4O)cc1c32. The third-order valence-corrected chi connectivity index (χ3v) is 12.3. The fraction of sp³-hybridized carbons (Fsp3) is 0.667. The second-order valence-electron chi connectivity index (χ2n) is 16.7. The van der Waals surface area contributed by atoms with Crippen LogP contribution in [0.25, 0.3) is 0 Å². The Kier molecular flexibility index (Phi) is 5.80. The summed E-state index contributed by atoms with van der Waals surface area (Å²) in [6.07, 6.45) is 2.11. The lowest BCUT2D eigenvalue weighted by Crippen LogP contribution is -2.53. The number of anilines is 2. The van der Waals surface area contributed by atoms with Crippen LogP contribution in [-0.4, -0.2) is 58.8 Å². The van der Waals surface area contributed by atoms with Crippen LogP contribution in [0.15, 0.2) is 12.1 Å². The molecule has 0 unspecified atom stereocenters. The van der Waals surface area contributed by atoms with E-state index >= 15 is 0 Å². The zero-order valence-corrected chi connectivity index (χ0v) is 26.8. The summed E-state index contributed by atoms with van der Waals surface area (Å²) >= 11 is 0. The third-order valence-electron chi connectivity index (χ3n) is 12.3. The van der Waals surface area contributed by atoms with Crippen LogP contribution in [0, 0.1) is 0 Å². The quantitative estimate of drug-likeness (QED) is 0.350. The second kappa shape index (κ2) is 8.59. The monoisotopic (exact) mass is 574 g/mol. The average molecular weight is 575 g/mol. The first kappa shape index (κ1) is 28.3. The van der Waals surface area contributed by atoms with Gasteiger partial charge >= 0.3 is 0 Å². The first-order chi connectivity index (χ1) is 19.5. The Morgan fingerprint density at radius 2 is 0.857 bits per heavy atom. The molecule has 6 nitrogen and oxygen atoms in total. The molecule has 0 bridgehead atoms. The van der Waals surface area contributed by atoms with Crippen molar-refractivity contribution in [2.24, 2.45) is 0 Å². The Morgan fingerprint density at radius 3 is 1.19 bits per heavy atom. The molecular formula is C36H50N2O4. The topological polar surface area (TPSA) is 87.4 Å². The van der Waals surface area contributed by atoms with Gasteiger partial charge in [0.25, 0.3) is 0 Å². The van der Waals surface area contributed by atoms with E-state index in [0.717, 1.165) is 74.4 Å². The summed E-state index contributed by atoms with van der Waals surface area (Å²) in [5.41, 5.74) is 7.37. The number of aliphatic hydroxyl groups is 2. The van der Waals surface area contributed by atoms with E-state index < -0.39 is 24.0 Å². The van der Waals surface area contributed by atoms with Gasteiger partial charge in [-0.25, -0.2) is 0 Å². The zero-order chi connectivity index (χ0) is 30.3. The summed E-state index contributed by atoms with van der Waals surface area (Å²) in [4.78, 5) is 4.84. The van der Waals surface area contributed by atoms with Crippen LogP contribution in [0.1, 0.15) is 126 Å². The predicted octanol–water partition coefficient (Wildman–Crippen LogP) is 6.04. The van der Waals surface area contributed by atoms with Crippen molar-refractivity contribution in [3.8, 4) is 11.5 Å². The van der Waals surface area contributed by atoms with Gasteiger partial charge in [0.15, 0.2) is 0 Å². The Morgan fingerprint density at radius 1 is 0.548 bits per heavy atom. The lowest BCUT2D eigenvalue weighted by atomic mass is 9.59. The molecule has 0 aromatic heterocycles. The minimum atomic E-state index is -0.920. The molecule has 1 fully saturated rings. The largest absolute Gasteiger partial charge is 0.507 e. The number of rotatable bonds is 2. The minimum Gasteiger partial charge on any atom is -0.507 e. The molecule has 4 heterocycles. The molecule has 6 heteroatoms. The summed E-state index contributed by atoms with van der Waals surface area (Å²) in [6, 6.07) is 4.16. The molecule has 2 aromatic rings. The molecule has 2 aromatic carbocycles. The molecule has 4 N–H and O–H groups in total. The molecule has 0 amide bonds. The third kappa shape index (κ3) is 3.63. The van der Waals surface area contributed by atoms with Gasteiger partial charge in [-0.1, -0.05) is 55.4 Å². The molecule has 42 heavy (non-hydrogen) atoms. The van der Waals surface area contributed by atoms with Crippen molar-refractivity contribution in [1.29, 1.82) is 0 Å². The van der Waals surface area contributed by atoms with Gasteiger partial charge in [0.2, 0.25) is 0 Å². The van der Waals surface area contributed by atoms with Crippen LogP contribution < -0.4 is 9.80 Å². The lowest BCUT2D eigenvalue weighted by molar-refractivity contribution is -0.0799. The van der Waals surface area contributed by atoms with Crippen LogP contribution >= 0.6 is 0 Å². The maximum atomic E-state index is 11.9. The highest BCUT2D eigenvalue weighted by atomic mass is 16.3. The fourth-order valence-corrected chi connectivity index (χ4v) is 9.13. The van der Waals surface area contributed by atoms with E-state index in [-0.39, 0.29) is 33.2 Å². The van der Waals surface area contributed by atoms with E-state index in [1.807, 2.05) is 0 Å². The Balaban J connectivity index is 1.36. The van der Waals surface area contributed by atoms with Gasteiger partial charge in [-0.05, 0) is 70.6 Å². The molecule has 0 atom stereocenters. The first-order valence-corrected chi connectivity index (χ1v) is 16.2. The molecule has 5 aliphatic rings. The summed E-state index contributed by atoms with van der Waals surface area (Å²) in [6.45, 7) is 21.8. The van der Waals surface area contributed by atoms with Crippen LogP contribution in [0.2, 0.25) is 0 Å². The van der Waals surface area contributed by atoms with E-state index in [4.69, 9.17) is 0 Å². The smallest absolute Gasteiger partial charge is 0.125 e. The van der Waals surface area contributed by atoms with Crippen molar-refractivity contribution in [3.63, 3.8) is 0 Å². The summed E-state index contributed by atoms with van der Waals surface area (Å²) in [5.74, 6) is -0.787. The first-order valence-electron chi connectivity index (χ1n) is 16.2. The van der Waals surface area contributed by atoms with Crippen molar-refractivity contribution in [1.82, 2.24) is 0 Å². The number of aromatic hydroxyl groups is 2. The molecular weight excluding hydrogens is 524 g/mol. The predicted molar refractivity (Wildman–Crippen MR) is 169 cm³/mol. The highest BCUT2D eigenvalue weighted by Crippen LogP contribution is 2.61. The fourth-order valence-electron chi connectivity index (χ4n) is 9.13. The normalized spacial score (nSPS) is 31.2. The maximum absolute atomic E-state index is 11.9. The van der Waals surface area contributed by atoms with Gasteiger partial charge in [-0.15, -0.1) is 0 Å². The molecule has 1 saturated carbocycles. The van der Waals surface area contributed by atoms with Crippen LogP contribution in [0.4, 0.5) is 11.4 Å². The Bertz CT molecular complexity index is 1360. The highest BCUT2D eigenvalue weighted by Gasteiger charge is 2.55. The van der Waals surface area contributed by atoms with E-state index in [9.17, 15) is 20.4 Å². The van der Waals surface area contributed by atoms with E-state index in [0.29, 0.717) is 11.1 Å². The van der Waals surface area contributed by atoms with Crippen LogP contribution in [0.5, 0.6) is 11.5 Å². The van der Waals surface area contributed by atoms with Gasteiger partial charge in [0.05, 0.1) is 12.2 Å². The highest BCUT2D eigenvalue weighted by molar-refractivity contribution is 5.76. The number of phenolic OH excluding ortho intramolecular Hbond substituents is 2. The van der Waals surface area contributed by atoms with Gasteiger partial charge in [0, 0.05) is 71.6 Å². The molecule has 0 radical (unpaired) electrons. The molecule has 1 aliphatic carbocycles. The second-order valence-corrected chi connectivity index (χ2v) is 16.7. The summed E-state index contributed by atoms with van der Waals surface area (Å²) < 4.78 is 0. The van der Waals surface area contributed by atoms with Gasteiger partial charge in [-0.2, -0.15) is 0 Å². The van der Waals surface area contributed by atoms with Crippen molar-refractivity contribution >= 4 is 11.4 Å². The molecule has 0 spiro atoms. The van der Waals surface area contributed by atoms with Crippen molar-refractivity contribution in [3.05, 3.63) is 45.5 Å². The van der Waals surface area contributed by atoms with E-state index in [1.54, 1.807) is 0 Å². The number of aliphatic hydroxyl groups excluding tert-OH is 2. The van der Waals surface area contributed by atoms with E-state index in [1.165, 1.54) is 11.1 Å². The van der Waals surface area contributed by atoms with Crippen molar-refractivity contribution in [2.45, 2.75) is 127 Å². The molecule has 228 valence electrons. The van der Waals surface area contributed by atoms with Crippen LogP contribution in [-0.2, 0) is 21.7 Å².